The van der Waals surface area contributed by atoms with Crippen LogP contribution in [0.2, 0.25) is 0 Å². The molecule has 0 aliphatic carbocycles. The van der Waals surface area contributed by atoms with Crippen molar-refractivity contribution in [3.05, 3.63) is 69.3 Å². The van der Waals surface area contributed by atoms with Gasteiger partial charge in [-0.05, 0) is 0 Å². The van der Waals surface area contributed by atoms with E-state index in [0.29, 0.717) is 16.7 Å². The molecule has 0 spiro atoms. The first-order chi connectivity index (χ1) is 11.6. The van der Waals surface area contributed by atoms with Crippen LogP contribution in [0.25, 0.3) is 10.1 Å². The first-order valence-electron chi connectivity index (χ1n) is 7.19. The molecule has 0 aliphatic rings. The van der Waals surface area contributed by atoms with Gasteiger partial charge in [-0.2, -0.15) is 0 Å². The van der Waals surface area contributed by atoms with Crippen LogP contribution in [0.15, 0.2) is 58.0 Å². The molecule has 1 unspecified atom stereocenters. The maximum absolute atomic E-state index is 14.6. The Morgan fingerprint density at radius 2 is 2.04 bits per heavy atom. The molecule has 2 nitrogen and oxygen atoms in total. The molecular formula is C18H11BrFN2PbS. The zero-order chi connectivity index (χ0) is 17.1. The fourth-order valence-electron chi connectivity index (χ4n) is 2.34. The summed E-state index contributed by atoms with van der Waals surface area (Å²) in [7, 11) is 0. The van der Waals surface area contributed by atoms with Crippen LogP contribution in [-0.4, -0.2) is 35.1 Å². The van der Waals surface area contributed by atoms with Crippen molar-refractivity contribution in [3.63, 3.8) is 0 Å². The van der Waals surface area contributed by atoms with Gasteiger partial charge in [-0.15, -0.1) is 0 Å². The molecule has 0 amide bonds. The molecule has 0 saturated carbocycles. The van der Waals surface area contributed by atoms with E-state index in [-0.39, 0.29) is 5.82 Å². The van der Waals surface area contributed by atoms with Crippen LogP contribution in [0.1, 0.15) is 10.4 Å². The van der Waals surface area contributed by atoms with E-state index in [2.05, 4.69) is 27.0 Å². The normalized spacial score (nSPS) is 13.0. The van der Waals surface area contributed by atoms with Gasteiger partial charge in [-0.1, -0.05) is 0 Å². The van der Waals surface area contributed by atoms with E-state index in [9.17, 15) is 9.65 Å². The van der Waals surface area contributed by atoms with E-state index < -0.39 is 6.04 Å². The molecule has 0 fully saturated rings. The van der Waals surface area contributed by atoms with Crippen molar-refractivity contribution in [1.29, 1.82) is 5.26 Å². The second-order valence-electron chi connectivity index (χ2n) is 5.17. The van der Waals surface area contributed by atoms with Crippen molar-refractivity contribution in [3.8, 4) is 6.07 Å². The van der Waals surface area contributed by atoms with Crippen LogP contribution < -0.4 is 0 Å². The first-order valence-corrected chi connectivity index (χ1v) is 10.7. The Bertz CT molecular complexity index is 947. The minimum atomic E-state index is -0.566. The third kappa shape index (κ3) is 3.93. The van der Waals surface area contributed by atoms with Crippen molar-refractivity contribution in [2.75, 3.05) is 0 Å². The molecule has 117 valence electrons. The molecule has 1 heterocycles. The summed E-state index contributed by atoms with van der Waals surface area (Å²) in [5.74, 6) is -0.229. The summed E-state index contributed by atoms with van der Waals surface area (Å²) in [4.78, 5) is 5.12. The van der Waals surface area contributed by atoms with Gasteiger partial charge in [-0.25, -0.2) is 0 Å². The summed E-state index contributed by atoms with van der Waals surface area (Å²) in [5, 5.41) is 10.0. The molecule has 3 aromatic rings. The van der Waals surface area contributed by atoms with Crippen molar-refractivity contribution >= 4 is 66.4 Å². The quantitative estimate of drug-likeness (QED) is 0.315. The van der Waals surface area contributed by atoms with E-state index in [0.717, 1.165) is 43.8 Å². The predicted octanol–water partition coefficient (Wildman–Crippen LogP) is 4.85. The van der Waals surface area contributed by atoms with Crippen LogP contribution in [0.3, 0.4) is 0 Å². The maximum atomic E-state index is 14.6. The molecule has 3 rings (SSSR count). The Hall–Kier alpha value is -1.11. The number of benzene rings is 2. The molecule has 24 heavy (non-hydrogen) atoms. The molecule has 0 bridgehead atoms. The topological polar surface area (TPSA) is 36.1 Å². The van der Waals surface area contributed by atoms with Crippen molar-refractivity contribution in [2.24, 2.45) is 4.99 Å². The molecule has 1 atom stereocenters. The number of nitriles is 1. The zero-order valence-corrected chi connectivity index (χ0v) is 18.8. The van der Waals surface area contributed by atoms with Crippen molar-refractivity contribution < 1.29 is 4.39 Å². The summed E-state index contributed by atoms with van der Waals surface area (Å²) in [6.45, 7) is 0. The summed E-state index contributed by atoms with van der Waals surface area (Å²) >= 11 is 5.53. The Morgan fingerprint density at radius 1 is 1.29 bits per heavy atom. The zero-order valence-electron chi connectivity index (χ0n) is 12.5. The van der Waals surface area contributed by atoms with Gasteiger partial charge >= 0.3 is 169 Å². The van der Waals surface area contributed by atoms with Crippen LogP contribution in [0.4, 0.5) is 4.39 Å². The molecule has 0 aliphatic heterocycles. The van der Waals surface area contributed by atoms with Crippen molar-refractivity contribution in [1.82, 2.24) is 0 Å². The number of aliphatic imine (C=N–C) groups is 1. The minimum absolute atomic E-state index is 0.229. The SMILES string of the molecule is N#CC(Cc1sc2cc(Br)ccc2c1F)N=[C]([Pb])c1ccccc1. The fourth-order valence-corrected chi connectivity index (χ4v) is 5.27. The molecule has 1 aromatic heterocycles. The first kappa shape index (κ1) is 17.7. The van der Waals surface area contributed by atoms with Crippen LogP contribution in [-0.2, 0) is 6.42 Å². The van der Waals surface area contributed by atoms with E-state index in [4.69, 9.17) is 0 Å². The van der Waals surface area contributed by atoms with Gasteiger partial charge in [0.05, 0.1) is 0 Å². The Balaban J connectivity index is 1.89. The average molecular weight is 593 g/mol. The number of fused-ring (bicyclic) bond motifs is 1. The predicted molar refractivity (Wildman–Crippen MR) is 101 cm³/mol. The Labute approximate surface area is 167 Å². The molecule has 0 saturated heterocycles. The Morgan fingerprint density at radius 3 is 2.75 bits per heavy atom. The number of nitrogens with zero attached hydrogens (tertiary/aromatic N) is 2. The summed E-state index contributed by atoms with van der Waals surface area (Å²) in [5.41, 5.74) is 1.03. The monoisotopic (exact) mass is 593 g/mol. The van der Waals surface area contributed by atoms with Gasteiger partial charge in [0.15, 0.2) is 0 Å². The third-order valence-electron chi connectivity index (χ3n) is 3.52. The Kier molecular flexibility index (Phi) is 5.79. The second kappa shape index (κ2) is 7.85. The van der Waals surface area contributed by atoms with E-state index in [1.807, 2.05) is 42.5 Å². The van der Waals surface area contributed by atoms with Crippen LogP contribution in [0, 0.1) is 17.1 Å². The van der Waals surface area contributed by atoms with E-state index >= 15 is 0 Å². The third-order valence-corrected chi connectivity index (χ3v) is 6.79. The van der Waals surface area contributed by atoms with Gasteiger partial charge in [0.2, 0.25) is 0 Å². The average Bonchev–Trinajstić information content (AvgIpc) is 2.90. The van der Waals surface area contributed by atoms with Gasteiger partial charge in [0.25, 0.3) is 0 Å². The van der Waals surface area contributed by atoms with Gasteiger partial charge < -0.3 is 0 Å². The fraction of sp³-hybridized carbons (Fsp3) is 0.111. The van der Waals surface area contributed by atoms with Gasteiger partial charge in [0, 0.05) is 0 Å². The standard InChI is InChI=1S/C18H11BrFN2S.Pb/c19-13-6-7-15-16(8-13)23-17(18(15)20)9-14(10-21)22-11-12-4-2-1-3-5-12;/h1-8,14H,9H2;. The summed E-state index contributed by atoms with van der Waals surface area (Å²) in [6.07, 6.45) is 0.303. The molecule has 3 radical (unpaired) electrons. The molecule has 6 heteroatoms. The van der Waals surface area contributed by atoms with Gasteiger partial charge in [-0.3, -0.25) is 0 Å². The molecule has 2 aromatic carbocycles. The number of rotatable bonds is 4. The second-order valence-corrected chi connectivity index (χ2v) is 9.07. The molecular weight excluding hydrogens is 582 g/mol. The number of halogens is 2. The number of thiophene rings is 1. The molecule has 0 N–H and O–H groups in total. The van der Waals surface area contributed by atoms with Gasteiger partial charge in [0.1, 0.15) is 0 Å². The summed E-state index contributed by atoms with van der Waals surface area (Å²) < 4.78 is 17.3. The van der Waals surface area contributed by atoms with E-state index in [1.165, 1.54) is 11.3 Å². The van der Waals surface area contributed by atoms with Crippen LogP contribution in [0.5, 0.6) is 0 Å². The van der Waals surface area contributed by atoms with Crippen molar-refractivity contribution in [2.45, 2.75) is 12.5 Å². The summed E-state index contributed by atoms with van der Waals surface area (Å²) in [6, 6.07) is 16.9. The number of hydrogen-bond donors (Lipinski definition) is 0. The van der Waals surface area contributed by atoms with Crippen LogP contribution >= 0.6 is 27.3 Å². The van der Waals surface area contributed by atoms with E-state index in [1.54, 1.807) is 6.07 Å². The number of hydrogen-bond acceptors (Lipinski definition) is 3.